The number of nitrogens with zero attached hydrogens (tertiary/aromatic N) is 4. The van der Waals surface area contributed by atoms with Crippen molar-refractivity contribution >= 4 is 5.82 Å². The molecule has 1 N–H and O–H groups in total. The van der Waals surface area contributed by atoms with Crippen LogP contribution in [0.2, 0.25) is 0 Å². The number of nitrogens with one attached hydrogen (secondary N) is 1. The van der Waals surface area contributed by atoms with Crippen LogP contribution in [0.5, 0.6) is 5.88 Å². The highest BCUT2D eigenvalue weighted by atomic mass is 16.5. The molecule has 0 atom stereocenters. The summed E-state index contributed by atoms with van der Waals surface area (Å²) in [6.45, 7) is 5.81. The smallest absolute Gasteiger partial charge is 0.218 e. The van der Waals surface area contributed by atoms with E-state index in [0.717, 1.165) is 31.0 Å². The van der Waals surface area contributed by atoms with Crippen LogP contribution in [0.15, 0.2) is 18.5 Å². The number of rotatable bonds is 6. The van der Waals surface area contributed by atoms with Gasteiger partial charge in [-0.1, -0.05) is 0 Å². The first-order valence-electron chi connectivity index (χ1n) is 6.30. The Labute approximate surface area is 112 Å². The average Bonchev–Trinajstić information content (AvgIpc) is 2.73. The molecule has 0 aliphatic heterocycles. The Morgan fingerprint density at radius 1 is 1.26 bits per heavy atom. The third-order valence-corrected chi connectivity index (χ3v) is 2.81. The molecule has 0 amide bonds. The van der Waals surface area contributed by atoms with Crippen LogP contribution in [-0.2, 0) is 6.54 Å². The highest BCUT2D eigenvalue weighted by molar-refractivity contribution is 5.36. The van der Waals surface area contributed by atoms with Crippen molar-refractivity contribution < 1.29 is 4.74 Å². The topological polar surface area (TPSA) is 64.9 Å². The molecule has 0 saturated carbocycles. The first-order valence-corrected chi connectivity index (χ1v) is 6.30. The van der Waals surface area contributed by atoms with Gasteiger partial charge < -0.3 is 10.1 Å². The third-order valence-electron chi connectivity index (χ3n) is 2.81. The summed E-state index contributed by atoms with van der Waals surface area (Å²) in [7, 11) is 1.59. The van der Waals surface area contributed by atoms with Crippen molar-refractivity contribution in [3.63, 3.8) is 0 Å². The molecule has 0 spiro atoms. The van der Waals surface area contributed by atoms with Crippen molar-refractivity contribution in [2.45, 2.75) is 26.8 Å². The lowest BCUT2D eigenvalue weighted by molar-refractivity contribution is 0.397. The van der Waals surface area contributed by atoms with Crippen molar-refractivity contribution in [1.82, 2.24) is 19.7 Å². The molecule has 0 saturated heterocycles. The minimum absolute atomic E-state index is 0.566. The Kier molecular flexibility index (Phi) is 4.33. The summed E-state index contributed by atoms with van der Waals surface area (Å²) in [4.78, 5) is 8.09. The SMILES string of the molecule is COc1cc(NCCCn2nc(C)cc2C)ncn1. The Hall–Kier alpha value is -2.11. The van der Waals surface area contributed by atoms with Gasteiger partial charge in [0, 0.05) is 24.8 Å². The molecule has 0 radical (unpaired) electrons. The Bertz CT molecular complexity index is 538. The molecule has 2 rings (SSSR count). The first-order chi connectivity index (χ1) is 9.19. The zero-order chi connectivity index (χ0) is 13.7. The van der Waals surface area contributed by atoms with Crippen molar-refractivity contribution in [2.75, 3.05) is 19.0 Å². The lowest BCUT2D eigenvalue weighted by Gasteiger charge is -2.07. The Morgan fingerprint density at radius 2 is 2.11 bits per heavy atom. The van der Waals surface area contributed by atoms with Crippen molar-refractivity contribution in [2.24, 2.45) is 0 Å². The van der Waals surface area contributed by atoms with Crippen LogP contribution in [0.1, 0.15) is 17.8 Å². The largest absolute Gasteiger partial charge is 0.481 e. The molecule has 2 aromatic heterocycles. The maximum atomic E-state index is 5.04. The number of ether oxygens (including phenoxy) is 1. The molecule has 6 heteroatoms. The van der Waals surface area contributed by atoms with Gasteiger partial charge in [-0.3, -0.25) is 4.68 Å². The van der Waals surface area contributed by atoms with Gasteiger partial charge in [-0.15, -0.1) is 0 Å². The van der Waals surface area contributed by atoms with Crippen LogP contribution in [0.3, 0.4) is 0 Å². The van der Waals surface area contributed by atoms with E-state index in [-0.39, 0.29) is 0 Å². The zero-order valence-electron chi connectivity index (χ0n) is 11.6. The number of methoxy groups -OCH3 is 1. The molecule has 0 aliphatic rings. The second-order valence-electron chi connectivity index (χ2n) is 4.38. The zero-order valence-corrected chi connectivity index (χ0v) is 11.6. The van der Waals surface area contributed by atoms with Crippen molar-refractivity contribution in [1.29, 1.82) is 0 Å². The second-order valence-corrected chi connectivity index (χ2v) is 4.38. The first kappa shape index (κ1) is 13.3. The van der Waals surface area contributed by atoms with E-state index in [1.165, 1.54) is 12.0 Å². The fourth-order valence-corrected chi connectivity index (χ4v) is 1.89. The van der Waals surface area contributed by atoms with Gasteiger partial charge in [0.05, 0.1) is 12.8 Å². The molecule has 0 bridgehead atoms. The summed E-state index contributed by atoms with van der Waals surface area (Å²) in [5.41, 5.74) is 2.26. The number of aryl methyl sites for hydroxylation is 3. The second kappa shape index (κ2) is 6.17. The third kappa shape index (κ3) is 3.67. The molecule has 0 fully saturated rings. The van der Waals surface area contributed by atoms with Gasteiger partial charge in [0.1, 0.15) is 12.1 Å². The van der Waals surface area contributed by atoms with Gasteiger partial charge in [-0.25, -0.2) is 9.97 Å². The molecule has 19 heavy (non-hydrogen) atoms. The summed E-state index contributed by atoms with van der Waals surface area (Å²) in [6, 6.07) is 3.87. The molecule has 102 valence electrons. The molecular weight excluding hydrogens is 242 g/mol. The molecular formula is C13H19N5O. The van der Waals surface area contributed by atoms with Crippen LogP contribution in [0, 0.1) is 13.8 Å². The fourth-order valence-electron chi connectivity index (χ4n) is 1.89. The normalized spacial score (nSPS) is 10.5. The lowest BCUT2D eigenvalue weighted by atomic mass is 10.4. The van der Waals surface area contributed by atoms with Crippen molar-refractivity contribution in [3.05, 3.63) is 29.8 Å². The summed E-state index contributed by atoms with van der Waals surface area (Å²) in [5, 5.41) is 7.67. The van der Waals surface area contributed by atoms with Gasteiger partial charge in [0.15, 0.2) is 0 Å². The molecule has 0 aliphatic carbocycles. The quantitative estimate of drug-likeness (QED) is 0.803. The van der Waals surface area contributed by atoms with Gasteiger partial charge in [-0.2, -0.15) is 5.10 Å². The van der Waals surface area contributed by atoms with Crippen LogP contribution in [-0.4, -0.2) is 33.4 Å². The van der Waals surface area contributed by atoms with E-state index < -0.39 is 0 Å². The Morgan fingerprint density at radius 3 is 2.79 bits per heavy atom. The molecule has 0 aromatic carbocycles. The number of hydrogen-bond donors (Lipinski definition) is 1. The minimum Gasteiger partial charge on any atom is -0.481 e. The number of aromatic nitrogens is 4. The standard InChI is InChI=1S/C13H19N5O/c1-10-7-11(2)18(17-10)6-4-5-14-12-8-13(19-3)16-9-15-12/h7-9H,4-6H2,1-3H3,(H,14,15,16). The van der Waals surface area contributed by atoms with Crippen LogP contribution >= 0.6 is 0 Å². The van der Waals surface area contributed by atoms with E-state index in [1.54, 1.807) is 13.2 Å². The van der Waals surface area contributed by atoms with Gasteiger partial charge >= 0.3 is 0 Å². The van der Waals surface area contributed by atoms with Crippen LogP contribution in [0.25, 0.3) is 0 Å². The maximum Gasteiger partial charge on any atom is 0.218 e. The average molecular weight is 261 g/mol. The summed E-state index contributed by atoms with van der Waals surface area (Å²) in [6.07, 6.45) is 2.47. The minimum atomic E-state index is 0.566. The van der Waals surface area contributed by atoms with E-state index in [2.05, 4.69) is 33.4 Å². The predicted molar refractivity (Wildman–Crippen MR) is 73.4 cm³/mol. The highest BCUT2D eigenvalue weighted by Crippen LogP contribution is 2.10. The fraction of sp³-hybridized carbons (Fsp3) is 0.462. The summed E-state index contributed by atoms with van der Waals surface area (Å²) < 4.78 is 7.07. The van der Waals surface area contributed by atoms with Gasteiger partial charge in [0.2, 0.25) is 5.88 Å². The highest BCUT2D eigenvalue weighted by Gasteiger charge is 2.01. The molecule has 6 nitrogen and oxygen atoms in total. The summed E-state index contributed by atoms with van der Waals surface area (Å²) >= 11 is 0. The maximum absolute atomic E-state index is 5.04. The lowest BCUT2D eigenvalue weighted by Crippen LogP contribution is -2.09. The molecule has 0 unspecified atom stereocenters. The molecule has 2 heterocycles. The predicted octanol–water partition coefficient (Wildman–Crippen LogP) is 1.80. The molecule has 2 aromatic rings. The van der Waals surface area contributed by atoms with Gasteiger partial charge in [-0.05, 0) is 26.3 Å². The summed E-state index contributed by atoms with van der Waals surface area (Å²) in [5.74, 6) is 1.34. The van der Waals surface area contributed by atoms with Gasteiger partial charge in [0.25, 0.3) is 0 Å². The van der Waals surface area contributed by atoms with E-state index in [1.807, 2.05) is 11.6 Å². The number of hydrogen-bond acceptors (Lipinski definition) is 5. The van der Waals surface area contributed by atoms with E-state index in [0.29, 0.717) is 5.88 Å². The Balaban J connectivity index is 1.79. The van der Waals surface area contributed by atoms with E-state index >= 15 is 0 Å². The van der Waals surface area contributed by atoms with E-state index in [9.17, 15) is 0 Å². The van der Waals surface area contributed by atoms with Crippen LogP contribution < -0.4 is 10.1 Å². The van der Waals surface area contributed by atoms with Crippen LogP contribution in [0.4, 0.5) is 5.82 Å². The van der Waals surface area contributed by atoms with E-state index in [4.69, 9.17) is 4.74 Å². The monoisotopic (exact) mass is 261 g/mol. The van der Waals surface area contributed by atoms with Crippen molar-refractivity contribution in [3.8, 4) is 5.88 Å². The number of anilines is 1.